The fourth-order valence-electron chi connectivity index (χ4n) is 1.37. The molecule has 0 bridgehead atoms. The van der Waals surface area contributed by atoms with Crippen LogP contribution in [0.15, 0.2) is 18.2 Å². The predicted octanol–water partition coefficient (Wildman–Crippen LogP) is 1.06. The van der Waals surface area contributed by atoms with E-state index in [4.69, 9.17) is 4.74 Å². The summed E-state index contributed by atoms with van der Waals surface area (Å²) >= 11 is 0. The molecule has 0 saturated heterocycles. The molecule has 0 radical (unpaired) electrons. The lowest BCUT2D eigenvalue weighted by molar-refractivity contribution is -0.142. The number of esters is 1. The Kier molecular flexibility index (Phi) is 2.62. The molecule has 0 fully saturated rings. The van der Waals surface area contributed by atoms with Gasteiger partial charge in [0.15, 0.2) is 0 Å². The minimum absolute atomic E-state index is 0.222. The SMILES string of the molecule is CCOC(=O)Cc1ccc2n[nH]nc2c1. The van der Waals surface area contributed by atoms with Crippen molar-refractivity contribution in [3.63, 3.8) is 0 Å². The first-order valence-electron chi connectivity index (χ1n) is 4.74. The Morgan fingerprint density at radius 3 is 3.00 bits per heavy atom. The second kappa shape index (κ2) is 4.08. The Labute approximate surface area is 86.4 Å². The van der Waals surface area contributed by atoms with Gasteiger partial charge in [0.2, 0.25) is 0 Å². The molecular formula is C10H11N3O2. The number of ether oxygens (including phenoxy) is 1. The molecule has 0 unspecified atom stereocenters. The summed E-state index contributed by atoms with van der Waals surface area (Å²) in [5.74, 6) is -0.222. The van der Waals surface area contributed by atoms with E-state index in [1.165, 1.54) is 0 Å². The van der Waals surface area contributed by atoms with E-state index in [0.717, 1.165) is 16.6 Å². The Morgan fingerprint density at radius 1 is 1.40 bits per heavy atom. The zero-order chi connectivity index (χ0) is 10.7. The van der Waals surface area contributed by atoms with Gasteiger partial charge in [0.05, 0.1) is 13.0 Å². The lowest BCUT2D eigenvalue weighted by Crippen LogP contribution is -2.07. The van der Waals surface area contributed by atoms with Crippen molar-refractivity contribution in [2.24, 2.45) is 0 Å². The van der Waals surface area contributed by atoms with Gasteiger partial charge in [-0.25, -0.2) is 0 Å². The molecule has 5 nitrogen and oxygen atoms in total. The first-order valence-corrected chi connectivity index (χ1v) is 4.74. The lowest BCUT2D eigenvalue weighted by atomic mass is 10.1. The van der Waals surface area contributed by atoms with Crippen LogP contribution < -0.4 is 0 Å². The highest BCUT2D eigenvalue weighted by Crippen LogP contribution is 2.11. The van der Waals surface area contributed by atoms with E-state index in [9.17, 15) is 4.79 Å². The third-order valence-corrected chi connectivity index (χ3v) is 2.03. The standard InChI is InChI=1S/C10H11N3O2/c1-2-15-10(14)6-7-3-4-8-9(5-7)12-13-11-8/h3-5H,2,6H2,1H3,(H,11,12,13). The first kappa shape index (κ1) is 9.64. The minimum Gasteiger partial charge on any atom is -0.466 e. The van der Waals surface area contributed by atoms with Gasteiger partial charge < -0.3 is 4.74 Å². The molecule has 0 aliphatic rings. The van der Waals surface area contributed by atoms with Crippen molar-refractivity contribution in [3.8, 4) is 0 Å². The molecule has 2 rings (SSSR count). The number of carbonyl (C=O) groups is 1. The van der Waals surface area contributed by atoms with Gasteiger partial charge in [0.25, 0.3) is 0 Å². The van der Waals surface area contributed by atoms with Crippen LogP contribution in [-0.4, -0.2) is 28.0 Å². The van der Waals surface area contributed by atoms with Gasteiger partial charge in [0, 0.05) is 0 Å². The average Bonchev–Trinajstić information content (AvgIpc) is 2.65. The van der Waals surface area contributed by atoms with Crippen molar-refractivity contribution < 1.29 is 9.53 Å². The van der Waals surface area contributed by atoms with Crippen LogP contribution in [0.3, 0.4) is 0 Å². The fraction of sp³-hybridized carbons (Fsp3) is 0.300. The molecule has 5 heteroatoms. The third kappa shape index (κ3) is 2.12. The molecule has 0 atom stereocenters. The second-order valence-electron chi connectivity index (χ2n) is 3.13. The van der Waals surface area contributed by atoms with Gasteiger partial charge in [-0.05, 0) is 24.6 Å². The molecule has 1 heterocycles. The molecule has 15 heavy (non-hydrogen) atoms. The molecule has 0 aliphatic heterocycles. The molecule has 1 N–H and O–H groups in total. The van der Waals surface area contributed by atoms with Gasteiger partial charge in [-0.1, -0.05) is 6.07 Å². The molecule has 0 aliphatic carbocycles. The average molecular weight is 205 g/mol. The van der Waals surface area contributed by atoms with E-state index < -0.39 is 0 Å². The van der Waals surface area contributed by atoms with E-state index in [-0.39, 0.29) is 12.4 Å². The van der Waals surface area contributed by atoms with Crippen molar-refractivity contribution in [3.05, 3.63) is 23.8 Å². The zero-order valence-corrected chi connectivity index (χ0v) is 8.36. The first-order chi connectivity index (χ1) is 7.29. The highest BCUT2D eigenvalue weighted by molar-refractivity contribution is 5.78. The quantitative estimate of drug-likeness (QED) is 0.761. The number of hydrogen-bond donors (Lipinski definition) is 1. The lowest BCUT2D eigenvalue weighted by Gasteiger charge is -2.01. The molecule has 78 valence electrons. The summed E-state index contributed by atoms with van der Waals surface area (Å²) < 4.78 is 4.86. The molecule has 1 aromatic heterocycles. The van der Waals surface area contributed by atoms with Crippen molar-refractivity contribution in [2.75, 3.05) is 6.61 Å². The van der Waals surface area contributed by atoms with Crippen LogP contribution in [0.25, 0.3) is 11.0 Å². The molecule has 0 spiro atoms. The topological polar surface area (TPSA) is 67.9 Å². The van der Waals surface area contributed by atoms with E-state index in [2.05, 4.69) is 15.4 Å². The summed E-state index contributed by atoms with van der Waals surface area (Å²) in [5.41, 5.74) is 2.44. The summed E-state index contributed by atoms with van der Waals surface area (Å²) in [6, 6.07) is 5.50. The van der Waals surface area contributed by atoms with Gasteiger partial charge in [-0.2, -0.15) is 15.4 Å². The Morgan fingerprint density at radius 2 is 2.20 bits per heavy atom. The number of hydrogen-bond acceptors (Lipinski definition) is 4. The summed E-state index contributed by atoms with van der Waals surface area (Å²) in [5, 5.41) is 10.4. The fourth-order valence-corrected chi connectivity index (χ4v) is 1.37. The zero-order valence-electron chi connectivity index (χ0n) is 8.36. The maximum Gasteiger partial charge on any atom is 0.310 e. The van der Waals surface area contributed by atoms with E-state index in [1.807, 2.05) is 18.2 Å². The smallest absolute Gasteiger partial charge is 0.310 e. The number of carbonyl (C=O) groups excluding carboxylic acids is 1. The van der Waals surface area contributed by atoms with Crippen molar-refractivity contribution in [2.45, 2.75) is 13.3 Å². The van der Waals surface area contributed by atoms with Crippen LogP contribution in [0.2, 0.25) is 0 Å². The number of nitrogens with one attached hydrogen (secondary N) is 1. The van der Waals surface area contributed by atoms with Gasteiger partial charge >= 0.3 is 5.97 Å². The summed E-state index contributed by atoms with van der Waals surface area (Å²) in [6.07, 6.45) is 0.274. The van der Waals surface area contributed by atoms with Crippen LogP contribution in [-0.2, 0) is 16.0 Å². The van der Waals surface area contributed by atoms with Crippen LogP contribution in [0, 0.1) is 0 Å². The Bertz CT molecular complexity index is 478. The van der Waals surface area contributed by atoms with E-state index in [1.54, 1.807) is 6.92 Å². The summed E-state index contributed by atoms with van der Waals surface area (Å²) in [6.45, 7) is 2.20. The third-order valence-electron chi connectivity index (χ3n) is 2.03. The number of benzene rings is 1. The van der Waals surface area contributed by atoms with Crippen molar-refractivity contribution in [1.29, 1.82) is 0 Å². The maximum absolute atomic E-state index is 11.2. The van der Waals surface area contributed by atoms with E-state index in [0.29, 0.717) is 6.61 Å². The highest BCUT2D eigenvalue weighted by Gasteiger charge is 2.05. The molecular weight excluding hydrogens is 194 g/mol. The maximum atomic E-state index is 11.2. The number of nitrogens with zero attached hydrogens (tertiary/aromatic N) is 2. The molecule has 0 amide bonds. The summed E-state index contributed by atoms with van der Waals surface area (Å²) in [7, 11) is 0. The minimum atomic E-state index is -0.222. The van der Waals surface area contributed by atoms with Crippen LogP contribution in [0.5, 0.6) is 0 Å². The highest BCUT2D eigenvalue weighted by atomic mass is 16.5. The largest absolute Gasteiger partial charge is 0.466 e. The van der Waals surface area contributed by atoms with Crippen LogP contribution >= 0.6 is 0 Å². The van der Waals surface area contributed by atoms with Crippen LogP contribution in [0.1, 0.15) is 12.5 Å². The number of H-pyrrole nitrogens is 1. The molecule has 0 saturated carbocycles. The van der Waals surface area contributed by atoms with E-state index >= 15 is 0 Å². The Hall–Kier alpha value is -1.91. The molecule has 1 aromatic carbocycles. The Balaban J connectivity index is 2.17. The van der Waals surface area contributed by atoms with Crippen molar-refractivity contribution >= 4 is 17.0 Å². The van der Waals surface area contributed by atoms with Gasteiger partial charge in [-0.3, -0.25) is 4.79 Å². The van der Waals surface area contributed by atoms with Crippen molar-refractivity contribution in [1.82, 2.24) is 15.4 Å². The predicted molar refractivity (Wildman–Crippen MR) is 54.2 cm³/mol. The number of rotatable bonds is 3. The van der Waals surface area contributed by atoms with Gasteiger partial charge in [-0.15, -0.1) is 0 Å². The molecule has 2 aromatic rings. The normalized spacial score (nSPS) is 10.5. The number of fused-ring (bicyclic) bond motifs is 1. The summed E-state index contributed by atoms with van der Waals surface area (Å²) in [4.78, 5) is 11.2. The van der Waals surface area contributed by atoms with Crippen LogP contribution in [0.4, 0.5) is 0 Å². The second-order valence-corrected chi connectivity index (χ2v) is 3.13. The monoisotopic (exact) mass is 205 g/mol. The van der Waals surface area contributed by atoms with Gasteiger partial charge in [0.1, 0.15) is 11.0 Å². The number of aromatic nitrogens is 3. The number of aromatic amines is 1.